The molecule has 4 heteroatoms. The van der Waals surface area contributed by atoms with Crippen LogP contribution in [0.5, 0.6) is 0 Å². The summed E-state index contributed by atoms with van der Waals surface area (Å²) in [6.07, 6.45) is 0.294. The van der Waals surface area contributed by atoms with E-state index in [1.165, 1.54) is 5.56 Å². The molecule has 1 N–H and O–H groups in total. The lowest BCUT2D eigenvalue weighted by molar-refractivity contribution is -0.149. The van der Waals surface area contributed by atoms with Crippen LogP contribution >= 0.6 is 0 Å². The lowest BCUT2D eigenvalue weighted by Crippen LogP contribution is -2.43. The maximum atomic E-state index is 11.2. The highest BCUT2D eigenvalue weighted by atomic mass is 16.5. The van der Waals surface area contributed by atoms with Crippen molar-refractivity contribution in [2.75, 3.05) is 24.6 Å². The first-order chi connectivity index (χ1) is 9.11. The first kappa shape index (κ1) is 13.9. The van der Waals surface area contributed by atoms with Gasteiger partial charge in [-0.2, -0.15) is 0 Å². The number of carboxylic acids is 1. The lowest BCUT2D eigenvalue weighted by Gasteiger charge is -2.36. The molecule has 1 aromatic rings. The maximum absolute atomic E-state index is 11.2. The van der Waals surface area contributed by atoms with Crippen molar-refractivity contribution in [2.45, 2.75) is 26.4 Å². The second-order valence-electron chi connectivity index (χ2n) is 5.13. The van der Waals surface area contributed by atoms with Crippen molar-refractivity contribution in [3.8, 4) is 0 Å². The zero-order valence-electron chi connectivity index (χ0n) is 11.5. The predicted molar refractivity (Wildman–Crippen MR) is 74.6 cm³/mol. The fourth-order valence-electron chi connectivity index (χ4n) is 2.68. The molecule has 0 bridgehead atoms. The fourth-order valence-corrected chi connectivity index (χ4v) is 2.68. The van der Waals surface area contributed by atoms with Crippen LogP contribution in [0.2, 0.25) is 0 Å². The highest BCUT2D eigenvalue weighted by Gasteiger charge is 2.26. The second-order valence-corrected chi connectivity index (χ2v) is 5.13. The van der Waals surface area contributed by atoms with E-state index in [0.29, 0.717) is 19.1 Å². The van der Waals surface area contributed by atoms with Gasteiger partial charge < -0.3 is 14.7 Å². The van der Waals surface area contributed by atoms with Gasteiger partial charge in [-0.3, -0.25) is 0 Å². The number of para-hydroxylation sites is 1. The summed E-state index contributed by atoms with van der Waals surface area (Å²) in [5.41, 5.74) is 2.44. The summed E-state index contributed by atoms with van der Waals surface area (Å²) in [6, 6.07) is 8.21. The number of rotatable bonds is 5. The Morgan fingerprint density at radius 1 is 1.53 bits per heavy atom. The van der Waals surface area contributed by atoms with Gasteiger partial charge in [-0.15, -0.1) is 0 Å². The first-order valence-electron chi connectivity index (χ1n) is 6.79. The third-order valence-electron chi connectivity index (χ3n) is 3.46. The second kappa shape index (κ2) is 6.06. The van der Waals surface area contributed by atoms with Crippen molar-refractivity contribution >= 4 is 11.7 Å². The van der Waals surface area contributed by atoms with Crippen LogP contribution in [0.15, 0.2) is 24.3 Å². The summed E-state index contributed by atoms with van der Waals surface area (Å²) >= 11 is 0. The highest BCUT2D eigenvalue weighted by molar-refractivity contribution is 5.73. The Labute approximate surface area is 114 Å². The Balaban J connectivity index is 2.18. The molecule has 1 aliphatic rings. The average Bonchev–Trinajstić information content (AvgIpc) is 2.37. The molecule has 2 atom stereocenters. The van der Waals surface area contributed by atoms with E-state index >= 15 is 0 Å². The highest BCUT2D eigenvalue weighted by Crippen LogP contribution is 2.29. The molecule has 0 fully saturated rings. The zero-order chi connectivity index (χ0) is 13.8. The summed E-state index contributed by atoms with van der Waals surface area (Å²) in [5.74, 6) is -0.358. The molecule has 0 amide bonds. The van der Waals surface area contributed by atoms with E-state index in [9.17, 15) is 9.90 Å². The third kappa shape index (κ3) is 3.26. The van der Waals surface area contributed by atoms with Gasteiger partial charge in [0.2, 0.25) is 0 Å². The minimum atomic E-state index is -0.891. The minimum Gasteiger partial charge on any atom is -0.479 e. The number of fused-ring (bicyclic) bond motifs is 1. The van der Waals surface area contributed by atoms with E-state index in [-0.39, 0.29) is 0 Å². The third-order valence-corrected chi connectivity index (χ3v) is 3.46. The molecular weight excluding hydrogens is 242 g/mol. The van der Waals surface area contributed by atoms with E-state index in [1.807, 2.05) is 19.1 Å². The number of carbonyl (C=O) groups is 1. The summed E-state index contributed by atoms with van der Waals surface area (Å²) in [7, 11) is 0. The van der Waals surface area contributed by atoms with E-state index in [2.05, 4.69) is 24.0 Å². The van der Waals surface area contributed by atoms with Crippen molar-refractivity contribution in [3.63, 3.8) is 0 Å². The van der Waals surface area contributed by atoms with Gasteiger partial charge in [0, 0.05) is 18.8 Å². The van der Waals surface area contributed by atoms with Gasteiger partial charge in [-0.05, 0) is 30.9 Å². The fraction of sp³-hybridized carbons (Fsp3) is 0.533. The molecule has 1 heterocycles. The van der Waals surface area contributed by atoms with Gasteiger partial charge in [-0.25, -0.2) is 4.79 Å². The maximum Gasteiger partial charge on any atom is 0.334 e. The van der Waals surface area contributed by atoms with Gasteiger partial charge >= 0.3 is 5.97 Å². The Morgan fingerprint density at radius 3 is 2.95 bits per heavy atom. The standard InChI is InChI=1S/C15H21NO3/c1-3-19-14(15(17)18)10-16-9-11(2)8-12-6-4-5-7-13(12)16/h4-7,11,14H,3,8-10H2,1-2H3,(H,17,18). The van der Waals surface area contributed by atoms with Crippen molar-refractivity contribution < 1.29 is 14.6 Å². The molecular formula is C15H21NO3. The minimum absolute atomic E-state index is 0.407. The number of nitrogens with zero attached hydrogens (tertiary/aromatic N) is 1. The summed E-state index contributed by atoms with van der Waals surface area (Å²) < 4.78 is 5.32. The number of carboxylic acid groups (broad SMARTS) is 1. The van der Waals surface area contributed by atoms with Crippen LogP contribution in [0.3, 0.4) is 0 Å². The average molecular weight is 263 g/mol. The molecule has 2 rings (SSSR count). The van der Waals surface area contributed by atoms with Crippen LogP contribution in [-0.4, -0.2) is 36.9 Å². The van der Waals surface area contributed by atoms with Crippen LogP contribution in [0.1, 0.15) is 19.4 Å². The molecule has 0 aliphatic carbocycles. The first-order valence-corrected chi connectivity index (χ1v) is 6.79. The number of anilines is 1. The molecule has 0 spiro atoms. The number of benzene rings is 1. The van der Waals surface area contributed by atoms with Crippen molar-refractivity contribution in [2.24, 2.45) is 5.92 Å². The van der Waals surface area contributed by atoms with Gasteiger partial charge in [0.1, 0.15) is 0 Å². The molecule has 0 saturated heterocycles. The van der Waals surface area contributed by atoms with E-state index in [1.54, 1.807) is 0 Å². The van der Waals surface area contributed by atoms with Crippen LogP contribution in [0.4, 0.5) is 5.69 Å². The van der Waals surface area contributed by atoms with Gasteiger partial charge in [0.05, 0.1) is 6.54 Å². The van der Waals surface area contributed by atoms with Crippen molar-refractivity contribution in [3.05, 3.63) is 29.8 Å². The number of hydrogen-bond acceptors (Lipinski definition) is 3. The molecule has 0 radical (unpaired) electrons. The SMILES string of the molecule is CCOC(CN1CC(C)Cc2ccccc21)C(=O)O. The molecule has 4 nitrogen and oxygen atoms in total. The monoisotopic (exact) mass is 263 g/mol. The molecule has 2 unspecified atom stereocenters. The lowest BCUT2D eigenvalue weighted by atomic mass is 9.93. The van der Waals surface area contributed by atoms with Crippen molar-refractivity contribution in [1.29, 1.82) is 0 Å². The predicted octanol–water partition coefficient (Wildman–Crippen LogP) is 2.17. The van der Waals surface area contributed by atoms with E-state index in [0.717, 1.165) is 18.7 Å². The normalized spacial score (nSPS) is 19.9. The number of aliphatic carboxylic acids is 1. The summed E-state index contributed by atoms with van der Waals surface area (Å²) in [5, 5.41) is 9.20. The number of hydrogen-bond donors (Lipinski definition) is 1. The Kier molecular flexibility index (Phi) is 4.43. The molecule has 1 aliphatic heterocycles. The molecule has 104 valence electrons. The van der Waals surface area contributed by atoms with E-state index in [4.69, 9.17) is 4.74 Å². The Morgan fingerprint density at radius 2 is 2.26 bits per heavy atom. The van der Waals surface area contributed by atoms with Gasteiger partial charge in [-0.1, -0.05) is 25.1 Å². The molecule has 1 aromatic carbocycles. The molecule has 0 aromatic heterocycles. The Bertz CT molecular complexity index is 447. The van der Waals surface area contributed by atoms with Crippen molar-refractivity contribution in [1.82, 2.24) is 0 Å². The van der Waals surface area contributed by atoms with Crippen LogP contribution in [-0.2, 0) is 16.0 Å². The summed E-state index contributed by atoms with van der Waals surface area (Å²) in [6.45, 7) is 5.72. The molecule has 0 saturated carbocycles. The number of ether oxygens (including phenoxy) is 1. The smallest absolute Gasteiger partial charge is 0.334 e. The van der Waals surface area contributed by atoms with Crippen LogP contribution in [0, 0.1) is 5.92 Å². The van der Waals surface area contributed by atoms with E-state index < -0.39 is 12.1 Å². The van der Waals surface area contributed by atoms with Crippen LogP contribution in [0.25, 0.3) is 0 Å². The topological polar surface area (TPSA) is 49.8 Å². The summed E-state index contributed by atoms with van der Waals surface area (Å²) in [4.78, 5) is 13.3. The zero-order valence-corrected chi connectivity index (χ0v) is 11.5. The largest absolute Gasteiger partial charge is 0.479 e. The van der Waals surface area contributed by atoms with Crippen LogP contribution < -0.4 is 4.90 Å². The van der Waals surface area contributed by atoms with Gasteiger partial charge in [0.25, 0.3) is 0 Å². The Hall–Kier alpha value is -1.55. The molecule has 19 heavy (non-hydrogen) atoms. The quantitative estimate of drug-likeness (QED) is 0.884. The van der Waals surface area contributed by atoms with Gasteiger partial charge in [0.15, 0.2) is 6.10 Å².